The van der Waals surface area contributed by atoms with Crippen LogP contribution in [-0.4, -0.2) is 92.0 Å². The highest BCUT2D eigenvalue weighted by Crippen LogP contribution is 2.17. The molecule has 1 aromatic carbocycles. The van der Waals surface area contributed by atoms with Crippen LogP contribution in [0, 0.1) is 0 Å². The molecule has 0 aliphatic carbocycles. The first-order valence-electron chi connectivity index (χ1n) is 9.60. The van der Waals surface area contributed by atoms with Crippen molar-refractivity contribution >= 4 is 17.5 Å². The SMILES string of the molecule is CCN(CC(=O)N(C)CCCN1CCN(C)CC1)Cc1ccccc1Cl. The van der Waals surface area contributed by atoms with E-state index in [1.54, 1.807) is 0 Å². The molecule has 1 aromatic rings. The molecule has 0 unspecified atom stereocenters. The van der Waals surface area contributed by atoms with Crippen LogP contribution in [-0.2, 0) is 11.3 Å². The molecule has 5 nitrogen and oxygen atoms in total. The third-order valence-electron chi connectivity index (χ3n) is 5.15. The van der Waals surface area contributed by atoms with Crippen LogP contribution >= 0.6 is 11.6 Å². The maximum absolute atomic E-state index is 12.5. The van der Waals surface area contributed by atoms with Gasteiger partial charge in [0.2, 0.25) is 5.91 Å². The number of carbonyl (C=O) groups is 1. The largest absolute Gasteiger partial charge is 0.345 e. The Balaban J connectivity index is 1.71. The van der Waals surface area contributed by atoms with E-state index in [9.17, 15) is 4.79 Å². The molecule has 6 heteroatoms. The lowest BCUT2D eigenvalue weighted by molar-refractivity contribution is -0.131. The van der Waals surface area contributed by atoms with Crippen molar-refractivity contribution in [3.05, 3.63) is 34.9 Å². The molecule has 0 spiro atoms. The van der Waals surface area contributed by atoms with Gasteiger partial charge in [-0.05, 0) is 38.2 Å². The molecular formula is C20H33ClN4O. The summed E-state index contributed by atoms with van der Waals surface area (Å²) in [7, 11) is 4.08. The Morgan fingerprint density at radius 2 is 1.88 bits per heavy atom. The van der Waals surface area contributed by atoms with Crippen molar-refractivity contribution in [3.63, 3.8) is 0 Å². The Kier molecular flexibility index (Phi) is 8.85. The van der Waals surface area contributed by atoms with Crippen molar-refractivity contribution in [2.75, 3.05) is 66.5 Å². The minimum absolute atomic E-state index is 0.178. The van der Waals surface area contributed by atoms with Crippen LogP contribution in [0.15, 0.2) is 24.3 Å². The number of benzene rings is 1. The number of hydrogen-bond donors (Lipinski definition) is 0. The van der Waals surface area contributed by atoms with E-state index in [4.69, 9.17) is 11.6 Å². The zero-order chi connectivity index (χ0) is 18.9. The minimum Gasteiger partial charge on any atom is -0.345 e. The van der Waals surface area contributed by atoms with Gasteiger partial charge >= 0.3 is 0 Å². The van der Waals surface area contributed by atoms with E-state index in [1.165, 1.54) is 0 Å². The van der Waals surface area contributed by atoms with Gasteiger partial charge in [0.1, 0.15) is 0 Å². The van der Waals surface area contributed by atoms with Crippen molar-refractivity contribution < 1.29 is 4.79 Å². The van der Waals surface area contributed by atoms with Crippen LogP contribution in [0.2, 0.25) is 5.02 Å². The molecule has 1 amide bonds. The van der Waals surface area contributed by atoms with Crippen LogP contribution < -0.4 is 0 Å². The van der Waals surface area contributed by atoms with Crippen molar-refractivity contribution in [1.29, 1.82) is 0 Å². The van der Waals surface area contributed by atoms with E-state index in [-0.39, 0.29) is 5.91 Å². The number of nitrogens with zero attached hydrogens (tertiary/aromatic N) is 4. The van der Waals surface area contributed by atoms with Gasteiger partial charge in [0.25, 0.3) is 0 Å². The van der Waals surface area contributed by atoms with Gasteiger partial charge < -0.3 is 14.7 Å². The molecule has 0 atom stereocenters. The van der Waals surface area contributed by atoms with Crippen molar-refractivity contribution in [2.45, 2.75) is 19.9 Å². The minimum atomic E-state index is 0.178. The summed E-state index contributed by atoms with van der Waals surface area (Å²) in [6.45, 7) is 10.5. The molecule has 26 heavy (non-hydrogen) atoms. The lowest BCUT2D eigenvalue weighted by atomic mass is 10.2. The molecule has 2 rings (SSSR count). The second-order valence-corrected chi connectivity index (χ2v) is 7.62. The summed E-state index contributed by atoms with van der Waals surface area (Å²) in [5.41, 5.74) is 1.07. The van der Waals surface area contributed by atoms with Crippen LogP contribution in [0.1, 0.15) is 18.9 Å². The molecule has 0 bridgehead atoms. The molecule has 1 aliphatic heterocycles. The molecule has 1 saturated heterocycles. The Bertz CT molecular complexity index is 560. The van der Waals surface area contributed by atoms with Crippen molar-refractivity contribution in [3.8, 4) is 0 Å². The van der Waals surface area contributed by atoms with Gasteiger partial charge in [0.05, 0.1) is 6.54 Å². The van der Waals surface area contributed by atoms with Crippen LogP contribution in [0.3, 0.4) is 0 Å². The van der Waals surface area contributed by atoms with Gasteiger partial charge in [-0.2, -0.15) is 0 Å². The van der Waals surface area contributed by atoms with Crippen molar-refractivity contribution in [2.24, 2.45) is 0 Å². The average molecular weight is 381 g/mol. The van der Waals surface area contributed by atoms with Crippen LogP contribution in [0.25, 0.3) is 0 Å². The van der Waals surface area contributed by atoms with E-state index >= 15 is 0 Å². The fraction of sp³-hybridized carbons (Fsp3) is 0.650. The third kappa shape index (κ3) is 6.88. The molecule has 1 heterocycles. The second-order valence-electron chi connectivity index (χ2n) is 7.21. The molecule has 0 N–H and O–H groups in total. The van der Waals surface area contributed by atoms with Gasteiger partial charge in [-0.3, -0.25) is 9.69 Å². The molecule has 146 valence electrons. The molecule has 0 saturated carbocycles. The Morgan fingerprint density at radius 1 is 1.19 bits per heavy atom. The van der Waals surface area contributed by atoms with Gasteiger partial charge in [-0.15, -0.1) is 0 Å². The zero-order valence-corrected chi connectivity index (χ0v) is 17.2. The Labute approximate surface area is 163 Å². The molecular weight excluding hydrogens is 348 g/mol. The fourth-order valence-corrected chi connectivity index (χ4v) is 3.38. The number of carbonyl (C=O) groups excluding carboxylic acids is 1. The summed E-state index contributed by atoms with van der Waals surface area (Å²) in [6, 6.07) is 7.84. The summed E-state index contributed by atoms with van der Waals surface area (Å²) in [4.78, 5) is 21.4. The summed E-state index contributed by atoms with van der Waals surface area (Å²) in [5, 5.41) is 0.763. The number of piperazine rings is 1. The summed E-state index contributed by atoms with van der Waals surface area (Å²) < 4.78 is 0. The molecule has 1 fully saturated rings. The average Bonchev–Trinajstić information content (AvgIpc) is 2.64. The lowest BCUT2D eigenvalue weighted by Gasteiger charge is -2.32. The number of halogens is 1. The highest BCUT2D eigenvalue weighted by Gasteiger charge is 2.16. The first-order chi connectivity index (χ1) is 12.5. The number of hydrogen-bond acceptors (Lipinski definition) is 4. The standard InChI is InChI=1S/C20H33ClN4O/c1-4-24(16-18-8-5-6-9-19(18)21)17-20(26)23(3)10-7-11-25-14-12-22(2)13-15-25/h5-6,8-9H,4,7,10-17H2,1-3H3. The van der Waals surface area contributed by atoms with Gasteiger partial charge in [0.15, 0.2) is 0 Å². The van der Waals surface area contributed by atoms with E-state index in [1.807, 2.05) is 36.2 Å². The predicted octanol–water partition coefficient (Wildman–Crippen LogP) is 2.26. The third-order valence-corrected chi connectivity index (χ3v) is 5.52. The fourth-order valence-electron chi connectivity index (χ4n) is 3.19. The Hall–Kier alpha value is -1.14. The van der Waals surface area contributed by atoms with Crippen LogP contribution in [0.4, 0.5) is 0 Å². The van der Waals surface area contributed by atoms with Gasteiger partial charge in [0, 0.05) is 51.3 Å². The van der Waals surface area contributed by atoms with Crippen LogP contribution in [0.5, 0.6) is 0 Å². The smallest absolute Gasteiger partial charge is 0.236 e. The zero-order valence-electron chi connectivity index (χ0n) is 16.5. The summed E-state index contributed by atoms with van der Waals surface area (Å²) >= 11 is 6.25. The highest BCUT2D eigenvalue weighted by atomic mass is 35.5. The molecule has 1 aliphatic rings. The maximum atomic E-state index is 12.5. The van der Waals surface area contributed by atoms with Gasteiger partial charge in [-0.1, -0.05) is 36.7 Å². The monoisotopic (exact) mass is 380 g/mol. The van der Waals surface area contributed by atoms with E-state index in [0.717, 1.165) is 62.8 Å². The van der Waals surface area contributed by atoms with Crippen molar-refractivity contribution in [1.82, 2.24) is 19.6 Å². The normalized spacial score (nSPS) is 16.2. The first kappa shape index (κ1) is 21.2. The number of likely N-dealkylation sites (N-methyl/N-ethyl adjacent to an activating group) is 3. The number of rotatable bonds is 9. The summed E-state index contributed by atoms with van der Waals surface area (Å²) in [6.07, 6.45) is 1.03. The van der Waals surface area contributed by atoms with Gasteiger partial charge in [-0.25, -0.2) is 0 Å². The summed E-state index contributed by atoms with van der Waals surface area (Å²) in [5.74, 6) is 0.178. The first-order valence-corrected chi connectivity index (χ1v) is 9.98. The second kappa shape index (κ2) is 10.9. The van der Waals surface area contributed by atoms with E-state index < -0.39 is 0 Å². The van der Waals surface area contributed by atoms with E-state index in [0.29, 0.717) is 13.1 Å². The lowest BCUT2D eigenvalue weighted by Crippen LogP contribution is -2.45. The molecule has 0 aromatic heterocycles. The quantitative estimate of drug-likeness (QED) is 0.657. The molecule has 0 radical (unpaired) electrons. The Morgan fingerprint density at radius 3 is 2.54 bits per heavy atom. The topological polar surface area (TPSA) is 30.0 Å². The maximum Gasteiger partial charge on any atom is 0.236 e. The highest BCUT2D eigenvalue weighted by molar-refractivity contribution is 6.31. The predicted molar refractivity (Wildman–Crippen MR) is 109 cm³/mol. The number of amides is 1. The van der Waals surface area contributed by atoms with E-state index in [2.05, 4.69) is 28.7 Å².